The Kier molecular flexibility index (Phi) is 5.12. The second-order valence-electron chi connectivity index (χ2n) is 7.14. The van der Waals surface area contributed by atoms with Gasteiger partial charge >= 0.3 is 0 Å². The first-order valence-electron chi connectivity index (χ1n) is 9.21. The molecule has 1 aliphatic heterocycles. The molecule has 2 aromatic carbocycles. The van der Waals surface area contributed by atoms with Gasteiger partial charge in [-0.3, -0.25) is 4.79 Å². The van der Waals surface area contributed by atoms with E-state index in [1.54, 1.807) is 31.2 Å². The number of fused-ring (bicyclic) bond motifs is 1. The fourth-order valence-electron chi connectivity index (χ4n) is 3.34. The van der Waals surface area contributed by atoms with E-state index in [-0.39, 0.29) is 28.2 Å². The van der Waals surface area contributed by atoms with Gasteiger partial charge in [0, 0.05) is 23.8 Å². The van der Waals surface area contributed by atoms with Gasteiger partial charge in [0.2, 0.25) is 6.29 Å². The number of phenolic OH excluding ortho intramolecular Hbond substituents is 2. The Morgan fingerprint density at radius 3 is 2.33 bits per heavy atom. The summed E-state index contributed by atoms with van der Waals surface area (Å²) in [7, 11) is 0. The number of aliphatic hydroxyl groups is 3. The molecule has 1 saturated heterocycles. The number of aliphatic hydroxyl groups excluding tert-OH is 3. The summed E-state index contributed by atoms with van der Waals surface area (Å²) in [5.41, 5.74) is 0.0954. The van der Waals surface area contributed by atoms with Gasteiger partial charge in [0.15, 0.2) is 5.43 Å². The van der Waals surface area contributed by atoms with E-state index < -0.39 is 36.1 Å². The molecule has 0 saturated carbocycles. The van der Waals surface area contributed by atoms with Crippen molar-refractivity contribution in [3.8, 4) is 28.6 Å². The van der Waals surface area contributed by atoms with Gasteiger partial charge in [-0.2, -0.15) is 0 Å². The van der Waals surface area contributed by atoms with E-state index in [0.29, 0.717) is 11.3 Å². The highest BCUT2D eigenvalue weighted by Gasteiger charge is 2.43. The average Bonchev–Trinajstić information content (AvgIpc) is 2.70. The third kappa shape index (κ3) is 3.59. The van der Waals surface area contributed by atoms with E-state index >= 15 is 0 Å². The summed E-state index contributed by atoms with van der Waals surface area (Å²) < 4.78 is 16.6. The minimum atomic E-state index is -1.44. The van der Waals surface area contributed by atoms with Crippen molar-refractivity contribution in [1.82, 2.24) is 0 Å². The van der Waals surface area contributed by atoms with Crippen molar-refractivity contribution >= 4 is 11.0 Å². The summed E-state index contributed by atoms with van der Waals surface area (Å²) in [5.74, 6) is -0.0829. The summed E-state index contributed by atoms with van der Waals surface area (Å²) in [6.45, 7) is 1.55. The van der Waals surface area contributed by atoms with Crippen molar-refractivity contribution in [2.24, 2.45) is 0 Å². The van der Waals surface area contributed by atoms with E-state index in [1.165, 1.54) is 12.1 Å². The fraction of sp³-hybridized carbons (Fsp3) is 0.286. The number of rotatable bonds is 3. The molecule has 5 N–H and O–H groups in total. The third-order valence-corrected chi connectivity index (χ3v) is 4.99. The average molecular weight is 416 g/mol. The second kappa shape index (κ2) is 7.62. The maximum absolute atomic E-state index is 12.3. The maximum atomic E-state index is 12.3. The van der Waals surface area contributed by atoms with Crippen LogP contribution in [-0.2, 0) is 4.74 Å². The van der Waals surface area contributed by atoms with Crippen LogP contribution in [0, 0.1) is 0 Å². The molecule has 0 radical (unpaired) electrons. The summed E-state index contributed by atoms with van der Waals surface area (Å²) in [5, 5.41) is 49.1. The minimum Gasteiger partial charge on any atom is -0.508 e. The summed E-state index contributed by atoms with van der Waals surface area (Å²) >= 11 is 0. The molecular formula is C21H20O9. The monoisotopic (exact) mass is 416 g/mol. The maximum Gasteiger partial charge on any atom is 0.229 e. The van der Waals surface area contributed by atoms with Crippen LogP contribution < -0.4 is 10.2 Å². The van der Waals surface area contributed by atoms with Gasteiger partial charge in [0.1, 0.15) is 52.3 Å². The lowest BCUT2D eigenvalue weighted by Gasteiger charge is -2.38. The Hall–Kier alpha value is -3.11. The number of phenols is 2. The largest absolute Gasteiger partial charge is 0.508 e. The van der Waals surface area contributed by atoms with E-state index in [4.69, 9.17) is 13.9 Å². The summed E-state index contributed by atoms with van der Waals surface area (Å²) in [4.78, 5) is 12.3. The van der Waals surface area contributed by atoms with Crippen LogP contribution >= 0.6 is 0 Å². The molecule has 5 atom stereocenters. The van der Waals surface area contributed by atoms with Crippen LogP contribution in [0.2, 0.25) is 0 Å². The zero-order valence-electron chi connectivity index (χ0n) is 15.8. The Morgan fingerprint density at radius 2 is 1.63 bits per heavy atom. The Labute approximate surface area is 170 Å². The molecule has 0 amide bonds. The minimum absolute atomic E-state index is 0.0326. The van der Waals surface area contributed by atoms with E-state index in [9.17, 15) is 30.3 Å². The SMILES string of the molecule is C[C@H]1O[C@H](Oc2ccc(-c3cc(=O)c4c(O)cc(O)cc4o3)cc2)[C@H](O)[C@H](O)[C@@H]1O. The van der Waals surface area contributed by atoms with Gasteiger partial charge in [0.25, 0.3) is 0 Å². The fourth-order valence-corrected chi connectivity index (χ4v) is 3.34. The van der Waals surface area contributed by atoms with Gasteiger partial charge in [-0.05, 0) is 31.2 Å². The molecule has 0 aliphatic carbocycles. The van der Waals surface area contributed by atoms with E-state index in [2.05, 4.69) is 0 Å². The van der Waals surface area contributed by atoms with Crippen molar-refractivity contribution in [3.63, 3.8) is 0 Å². The molecule has 0 spiro atoms. The number of hydrogen-bond donors (Lipinski definition) is 5. The van der Waals surface area contributed by atoms with Gasteiger partial charge in [-0.1, -0.05) is 0 Å². The zero-order valence-corrected chi connectivity index (χ0v) is 15.8. The predicted octanol–water partition coefficient (Wildman–Crippen LogP) is 1.08. The number of aromatic hydroxyl groups is 2. The molecule has 30 heavy (non-hydrogen) atoms. The number of benzene rings is 2. The molecule has 9 heteroatoms. The number of ether oxygens (including phenoxy) is 2. The van der Waals surface area contributed by atoms with Crippen LogP contribution in [0.3, 0.4) is 0 Å². The predicted molar refractivity (Wildman–Crippen MR) is 104 cm³/mol. The highest BCUT2D eigenvalue weighted by Crippen LogP contribution is 2.31. The van der Waals surface area contributed by atoms with Crippen LogP contribution in [0.15, 0.2) is 51.7 Å². The first-order chi connectivity index (χ1) is 14.2. The molecule has 3 aromatic rings. The normalized spacial score (nSPS) is 26.6. The Balaban J connectivity index is 1.59. The first kappa shape index (κ1) is 20.2. The third-order valence-electron chi connectivity index (χ3n) is 4.99. The summed E-state index contributed by atoms with van der Waals surface area (Å²) in [6, 6.07) is 9.83. The molecule has 1 fully saturated rings. The highest BCUT2D eigenvalue weighted by atomic mass is 16.7. The van der Waals surface area contributed by atoms with Gasteiger partial charge < -0.3 is 39.4 Å². The molecule has 0 unspecified atom stereocenters. The van der Waals surface area contributed by atoms with E-state index in [1.807, 2.05) is 0 Å². The van der Waals surface area contributed by atoms with Gasteiger partial charge in [0.05, 0.1) is 6.10 Å². The van der Waals surface area contributed by atoms with Crippen molar-refractivity contribution in [2.75, 3.05) is 0 Å². The Bertz CT molecular complexity index is 1120. The van der Waals surface area contributed by atoms with E-state index in [0.717, 1.165) is 6.07 Å². The molecule has 1 aliphatic rings. The zero-order chi connectivity index (χ0) is 21.6. The van der Waals surface area contributed by atoms with Crippen molar-refractivity contribution in [1.29, 1.82) is 0 Å². The van der Waals surface area contributed by atoms with Crippen LogP contribution in [-0.4, -0.2) is 56.2 Å². The second-order valence-corrected chi connectivity index (χ2v) is 7.14. The molecular weight excluding hydrogens is 396 g/mol. The molecule has 9 nitrogen and oxygen atoms in total. The topological polar surface area (TPSA) is 150 Å². The molecule has 2 heterocycles. The number of hydrogen-bond acceptors (Lipinski definition) is 9. The molecule has 1 aromatic heterocycles. The quantitative estimate of drug-likeness (QED) is 0.423. The van der Waals surface area contributed by atoms with Crippen molar-refractivity contribution < 1.29 is 39.4 Å². The smallest absolute Gasteiger partial charge is 0.229 e. The van der Waals surface area contributed by atoms with Crippen molar-refractivity contribution in [2.45, 2.75) is 37.6 Å². The Morgan fingerprint density at radius 1 is 0.933 bits per heavy atom. The van der Waals surface area contributed by atoms with Crippen LogP contribution in [0.5, 0.6) is 17.2 Å². The van der Waals surface area contributed by atoms with Crippen LogP contribution in [0.4, 0.5) is 0 Å². The van der Waals surface area contributed by atoms with Crippen LogP contribution in [0.1, 0.15) is 6.92 Å². The molecule has 0 bridgehead atoms. The summed E-state index contributed by atoms with van der Waals surface area (Å²) in [6.07, 6.45) is -5.97. The lowest BCUT2D eigenvalue weighted by Crippen LogP contribution is -2.58. The van der Waals surface area contributed by atoms with Gasteiger partial charge in [-0.15, -0.1) is 0 Å². The molecule has 4 rings (SSSR count). The first-order valence-corrected chi connectivity index (χ1v) is 9.21. The van der Waals surface area contributed by atoms with Crippen LogP contribution in [0.25, 0.3) is 22.3 Å². The highest BCUT2D eigenvalue weighted by molar-refractivity contribution is 5.86. The molecule has 158 valence electrons. The standard InChI is InChI=1S/C21H20O9/c1-9-18(25)19(26)20(27)21(28-9)29-12-4-2-10(3-5-12)15-8-14(24)17-13(23)6-11(22)7-16(17)30-15/h2-9,18-23,25-27H,1H3/t9-,18-,19-,20-,21-/m1/s1. The lowest BCUT2D eigenvalue weighted by atomic mass is 10.00. The lowest BCUT2D eigenvalue weighted by molar-refractivity contribution is -0.268. The van der Waals surface area contributed by atoms with Crippen molar-refractivity contribution in [3.05, 3.63) is 52.7 Å². The van der Waals surface area contributed by atoms with Gasteiger partial charge in [-0.25, -0.2) is 0 Å².